The zero-order valence-electron chi connectivity index (χ0n) is 15.1. The van der Waals surface area contributed by atoms with E-state index in [1.54, 1.807) is 0 Å². The van der Waals surface area contributed by atoms with Crippen LogP contribution in [0.1, 0.15) is 59.8 Å². The molecule has 0 amide bonds. The lowest BCUT2D eigenvalue weighted by Crippen LogP contribution is -2.41. The molecule has 2 aliphatic rings. The lowest BCUT2D eigenvalue weighted by atomic mass is 9.75. The summed E-state index contributed by atoms with van der Waals surface area (Å²) in [5.74, 6) is 2.96. The van der Waals surface area contributed by atoms with Crippen molar-refractivity contribution in [2.75, 3.05) is 26.2 Å². The van der Waals surface area contributed by atoms with Crippen LogP contribution < -0.4 is 0 Å². The topological polar surface area (TPSA) is 32.7 Å². The van der Waals surface area contributed by atoms with Crippen LogP contribution in [-0.2, 0) is 4.74 Å². The molecule has 1 saturated carbocycles. The van der Waals surface area contributed by atoms with E-state index < -0.39 is 0 Å². The van der Waals surface area contributed by atoms with Gasteiger partial charge in [0.1, 0.15) is 0 Å². The fraction of sp³-hybridized carbons (Fsp3) is 1.00. The van der Waals surface area contributed by atoms with Crippen LogP contribution in [0.5, 0.6) is 0 Å². The number of nitrogens with zero attached hydrogens (tertiary/aromatic N) is 1. The van der Waals surface area contributed by atoms with E-state index in [0.29, 0.717) is 24.5 Å². The van der Waals surface area contributed by atoms with Crippen molar-refractivity contribution in [3.63, 3.8) is 0 Å². The molecule has 0 aromatic rings. The van der Waals surface area contributed by atoms with Gasteiger partial charge in [0.05, 0.1) is 18.8 Å². The minimum absolute atomic E-state index is 0.335. The third-order valence-corrected chi connectivity index (χ3v) is 5.81. The van der Waals surface area contributed by atoms with Crippen molar-refractivity contribution in [3.8, 4) is 0 Å². The predicted molar refractivity (Wildman–Crippen MR) is 91.9 cm³/mol. The van der Waals surface area contributed by atoms with E-state index in [1.807, 2.05) is 0 Å². The Labute approximate surface area is 137 Å². The van der Waals surface area contributed by atoms with E-state index in [4.69, 9.17) is 4.74 Å². The van der Waals surface area contributed by atoms with Gasteiger partial charge in [-0.15, -0.1) is 0 Å². The molecular weight excluding hydrogens is 274 g/mol. The summed E-state index contributed by atoms with van der Waals surface area (Å²) in [6.07, 6.45) is 6.32. The van der Waals surface area contributed by atoms with Gasteiger partial charge in [-0.3, -0.25) is 0 Å². The Morgan fingerprint density at radius 1 is 1.05 bits per heavy atom. The molecule has 2 rings (SSSR count). The van der Waals surface area contributed by atoms with E-state index in [0.717, 1.165) is 37.9 Å². The van der Waals surface area contributed by atoms with Gasteiger partial charge in [0.15, 0.2) is 0 Å². The SMILES string of the molecule is CC1CCN(C[C@H](O)CO[C@H]2C[C@H](C)CC[C@@H]2C(C)C)CC1. The molecule has 3 heteroatoms. The van der Waals surface area contributed by atoms with Crippen LogP contribution in [0.4, 0.5) is 0 Å². The minimum Gasteiger partial charge on any atom is -0.389 e. The number of aliphatic hydroxyl groups excluding tert-OH is 1. The summed E-state index contributed by atoms with van der Waals surface area (Å²) in [7, 11) is 0. The average Bonchev–Trinajstić information content (AvgIpc) is 2.47. The first-order valence-corrected chi connectivity index (χ1v) is 9.47. The monoisotopic (exact) mass is 311 g/mol. The molecule has 1 N–H and O–H groups in total. The summed E-state index contributed by atoms with van der Waals surface area (Å²) in [4.78, 5) is 2.40. The molecule has 1 saturated heterocycles. The van der Waals surface area contributed by atoms with E-state index in [1.165, 1.54) is 25.7 Å². The first-order valence-electron chi connectivity index (χ1n) is 9.47. The van der Waals surface area contributed by atoms with E-state index in [2.05, 4.69) is 32.6 Å². The molecule has 0 aromatic heterocycles. The van der Waals surface area contributed by atoms with Crippen LogP contribution in [0, 0.1) is 23.7 Å². The molecule has 1 aliphatic heterocycles. The molecule has 0 bridgehead atoms. The second kappa shape index (κ2) is 8.65. The van der Waals surface area contributed by atoms with Crippen LogP contribution in [0.3, 0.4) is 0 Å². The van der Waals surface area contributed by atoms with Gasteiger partial charge in [0.25, 0.3) is 0 Å². The van der Waals surface area contributed by atoms with Gasteiger partial charge in [-0.1, -0.05) is 34.1 Å². The molecule has 4 atom stereocenters. The van der Waals surface area contributed by atoms with Gasteiger partial charge >= 0.3 is 0 Å². The zero-order valence-corrected chi connectivity index (χ0v) is 15.1. The van der Waals surface area contributed by atoms with Gasteiger partial charge in [0.2, 0.25) is 0 Å². The summed E-state index contributed by atoms with van der Waals surface area (Å²) in [5, 5.41) is 10.3. The van der Waals surface area contributed by atoms with Crippen LogP contribution in [0.2, 0.25) is 0 Å². The third kappa shape index (κ3) is 5.50. The normalized spacial score (nSPS) is 33.3. The van der Waals surface area contributed by atoms with Gasteiger partial charge < -0.3 is 14.7 Å². The highest BCUT2D eigenvalue weighted by atomic mass is 16.5. The number of β-amino-alcohol motifs (C(OH)–C–C–N with tert-alkyl or cyclic N) is 1. The Kier molecular flexibility index (Phi) is 7.17. The lowest BCUT2D eigenvalue weighted by molar-refractivity contribution is -0.0749. The maximum Gasteiger partial charge on any atom is 0.0900 e. The number of aliphatic hydroxyl groups is 1. The number of rotatable bonds is 6. The predicted octanol–water partition coefficient (Wildman–Crippen LogP) is 3.56. The molecule has 1 heterocycles. The average molecular weight is 312 g/mol. The first-order chi connectivity index (χ1) is 10.5. The van der Waals surface area contributed by atoms with Gasteiger partial charge in [-0.25, -0.2) is 0 Å². The quantitative estimate of drug-likeness (QED) is 0.814. The number of likely N-dealkylation sites (tertiary alicyclic amines) is 1. The Morgan fingerprint density at radius 3 is 2.36 bits per heavy atom. The van der Waals surface area contributed by atoms with Crippen molar-refractivity contribution in [2.24, 2.45) is 23.7 Å². The maximum absolute atomic E-state index is 10.3. The molecule has 0 radical (unpaired) electrons. The molecule has 130 valence electrons. The fourth-order valence-corrected chi connectivity index (χ4v) is 4.14. The van der Waals surface area contributed by atoms with E-state index in [9.17, 15) is 5.11 Å². The Bertz CT molecular complexity index is 313. The highest BCUT2D eigenvalue weighted by Crippen LogP contribution is 2.35. The summed E-state index contributed by atoms with van der Waals surface area (Å²) in [6.45, 7) is 12.8. The maximum atomic E-state index is 10.3. The van der Waals surface area contributed by atoms with Crippen molar-refractivity contribution >= 4 is 0 Å². The van der Waals surface area contributed by atoms with Crippen molar-refractivity contribution < 1.29 is 9.84 Å². The molecule has 0 unspecified atom stereocenters. The van der Waals surface area contributed by atoms with Crippen LogP contribution in [0.15, 0.2) is 0 Å². The lowest BCUT2D eigenvalue weighted by Gasteiger charge is -2.38. The van der Waals surface area contributed by atoms with Crippen molar-refractivity contribution in [3.05, 3.63) is 0 Å². The molecule has 22 heavy (non-hydrogen) atoms. The van der Waals surface area contributed by atoms with Crippen molar-refractivity contribution in [1.29, 1.82) is 0 Å². The molecule has 2 fully saturated rings. The fourth-order valence-electron chi connectivity index (χ4n) is 4.14. The van der Waals surface area contributed by atoms with Gasteiger partial charge in [-0.05, 0) is 62.4 Å². The number of ether oxygens (including phenoxy) is 1. The second-order valence-corrected chi connectivity index (χ2v) is 8.33. The van der Waals surface area contributed by atoms with Crippen LogP contribution in [-0.4, -0.2) is 48.5 Å². The summed E-state index contributed by atoms with van der Waals surface area (Å²) >= 11 is 0. The van der Waals surface area contributed by atoms with Crippen molar-refractivity contribution in [2.45, 2.75) is 72.0 Å². The van der Waals surface area contributed by atoms with E-state index in [-0.39, 0.29) is 6.10 Å². The number of piperidine rings is 1. The van der Waals surface area contributed by atoms with Crippen molar-refractivity contribution in [1.82, 2.24) is 4.90 Å². The smallest absolute Gasteiger partial charge is 0.0900 e. The van der Waals surface area contributed by atoms with Crippen LogP contribution >= 0.6 is 0 Å². The molecule has 3 nitrogen and oxygen atoms in total. The highest BCUT2D eigenvalue weighted by Gasteiger charge is 2.31. The minimum atomic E-state index is -0.335. The highest BCUT2D eigenvalue weighted by molar-refractivity contribution is 4.82. The standard InChI is InChI=1S/C19H37NO2/c1-14(2)18-6-5-16(4)11-19(18)22-13-17(21)12-20-9-7-15(3)8-10-20/h14-19,21H,5-13H2,1-4H3/t16-,17+,18-,19+/m1/s1. The molecule has 0 aromatic carbocycles. The largest absolute Gasteiger partial charge is 0.389 e. The van der Waals surface area contributed by atoms with Gasteiger partial charge in [0, 0.05) is 6.54 Å². The second-order valence-electron chi connectivity index (χ2n) is 8.33. The molecule has 1 aliphatic carbocycles. The summed E-state index contributed by atoms with van der Waals surface area (Å²) in [6, 6.07) is 0. The Hall–Kier alpha value is -0.120. The summed E-state index contributed by atoms with van der Waals surface area (Å²) < 4.78 is 6.18. The van der Waals surface area contributed by atoms with E-state index >= 15 is 0 Å². The van der Waals surface area contributed by atoms with Gasteiger partial charge in [-0.2, -0.15) is 0 Å². The molecular formula is C19H37NO2. The number of hydrogen-bond acceptors (Lipinski definition) is 3. The summed E-state index contributed by atoms with van der Waals surface area (Å²) in [5.41, 5.74) is 0. The number of hydrogen-bond donors (Lipinski definition) is 1. The van der Waals surface area contributed by atoms with Crippen LogP contribution in [0.25, 0.3) is 0 Å². The Balaban J connectivity index is 1.73. The third-order valence-electron chi connectivity index (χ3n) is 5.81. The first kappa shape index (κ1) is 18.2. The molecule has 0 spiro atoms. The zero-order chi connectivity index (χ0) is 16.1. The Morgan fingerprint density at radius 2 is 1.73 bits per heavy atom.